The third kappa shape index (κ3) is 5.30. The van der Waals surface area contributed by atoms with Crippen molar-refractivity contribution in [1.29, 1.82) is 0 Å². The summed E-state index contributed by atoms with van der Waals surface area (Å²) in [5, 5.41) is 6.17. The second-order valence-corrected chi connectivity index (χ2v) is 10.1. The summed E-state index contributed by atoms with van der Waals surface area (Å²) >= 11 is 12.3. The van der Waals surface area contributed by atoms with Gasteiger partial charge in [0.05, 0.1) is 22.5 Å². The molecule has 0 bridgehead atoms. The predicted octanol–water partition coefficient (Wildman–Crippen LogP) is 7.66. The third-order valence-corrected chi connectivity index (χ3v) is 6.14. The average molecular weight is 490 g/mol. The lowest BCUT2D eigenvalue weighted by atomic mass is 9.86. The molecule has 3 aromatic carbocycles. The van der Waals surface area contributed by atoms with E-state index in [4.69, 9.17) is 28.2 Å². The average Bonchev–Trinajstić information content (AvgIpc) is 2.81. The van der Waals surface area contributed by atoms with Gasteiger partial charge in [-0.05, 0) is 59.9 Å². The highest BCUT2D eigenvalue weighted by Gasteiger charge is 2.16. The van der Waals surface area contributed by atoms with E-state index in [9.17, 15) is 4.79 Å². The molecule has 0 spiro atoms. The van der Waals surface area contributed by atoms with Crippen LogP contribution in [0.2, 0.25) is 10.0 Å². The van der Waals surface area contributed by atoms with Crippen molar-refractivity contribution in [2.75, 3.05) is 0 Å². The van der Waals surface area contributed by atoms with E-state index < -0.39 is 0 Å². The Balaban J connectivity index is 1.67. The van der Waals surface area contributed by atoms with E-state index in [1.165, 1.54) is 5.56 Å². The summed E-state index contributed by atoms with van der Waals surface area (Å²) < 4.78 is 0. The van der Waals surface area contributed by atoms with E-state index in [0.29, 0.717) is 37.9 Å². The molecule has 1 N–H and O–H groups in total. The molecule has 0 saturated carbocycles. The van der Waals surface area contributed by atoms with Gasteiger partial charge in [-0.2, -0.15) is 5.10 Å². The van der Waals surface area contributed by atoms with Crippen LogP contribution in [0.15, 0.2) is 77.9 Å². The molecule has 0 aliphatic rings. The maximum atomic E-state index is 13.2. The van der Waals surface area contributed by atoms with E-state index in [1.807, 2.05) is 31.2 Å². The van der Waals surface area contributed by atoms with Crippen molar-refractivity contribution in [2.45, 2.75) is 33.1 Å². The molecular formula is C28H25Cl2N3O. The van der Waals surface area contributed by atoms with Gasteiger partial charge in [0.1, 0.15) is 0 Å². The number of nitrogens with one attached hydrogen (secondary N) is 1. The number of benzene rings is 3. The van der Waals surface area contributed by atoms with Gasteiger partial charge in [-0.3, -0.25) is 4.79 Å². The van der Waals surface area contributed by atoms with Crippen molar-refractivity contribution in [3.8, 4) is 11.3 Å². The summed E-state index contributed by atoms with van der Waals surface area (Å²) in [7, 11) is 0. The highest BCUT2D eigenvalue weighted by atomic mass is 35.5. The molecule has 4 aromatic rings. The Morgan fingerprint density at radius 1 is 0.882 bits per heavy atom. The molecule has 0 aliphatic heterocycles. The van der Waals surface area contributed by atoms with Gasteiger partial charge in [-0.25, -0.2) is 10.4 Å². The Morgan fingerprint density at radius 3 is 2.18 bits per heavy atom. The Hall–Kier alpha value is -3.21. The van der Waals surface area contributed by atoms with E-state index in [0.717, 1.165) is 11.1 Å². The third-order valence-electron chi connectivity index (χ3n) is 5.65. The van der Waals surface area contributed by atoms with Crippen LogP contribution in [-0.2, 0) is 5.41 Å². The molecule has 0 saturated heterocycles. The number of hydrogen-bond acceptors (Lipinski definition) is 3. The first-order chi connectivity index (χ1) is 16.1. The van der Waals surface area contributed by atoms with E-state index in [-0.39, 0.29) is 11.3 Å². The van der Waals surface area contributed by atoms with Crippen LogP contribution < -0.4 is 5.43 Å². The minimum absolute atomic E-state index is 0.0727. The molecule has 4 nitrogen and oxygen atoms in total. The lowest BCUT2D eigenvalue weighted by Crippen LogP contribution is -2.20. The number of hydrazone groups is 1. The first-order valence-electron chi connectivity index (χ1n) is 10.9. The lowest BCUT2D eigenvalue weighted by molar-refractivity contribution is 0.0956. The fourth-order valence-corrected chi connectivity index (χ4v) is 3.92. The van der Waals surface area contributed by atoms with Crippen LogP contribution in [0.25, 0.3) is 22.2 Å². The van der Waals surface area contributed by atoms with Gasteiger partial charge >= 0.3 is 0 Å². The Kier molecular flexibility index (Phi) is 6.74. The number of rotatable bonds is 4. The monoisotopic (exact) mass is 489 g/mol. The summed E-state index contributed by atoms with van der Waals surface area (Å²) in [6, 6.07) is 22.6. The molecule has 1 aromatic heterocycles. The van der Waals surface area contributed by atoms with Crippen LogP contribution in [0, 0.1) is 0 Å². The molecule has 1 heterocycles. The van der Waals surface area contributed by atoms with Crippen molar-refractivity contribution in [3.05, 3.63) is 99.5 Å². The fourth-order valence-electron chi connectivity index (χ4n) is 3.63. The zero-order valence-electron chi connectivity index (χ0n) is 19.5. The van der Waals surface area contributed by atoms with Crippen molar-refractivity contribution in [3.63, 3.8) is 0 Å². The van der Waals surface area contributed by atoms with E-state index in [1.54, 1.807) is 36.4 Å². The molecular weight excluding hydrogens is 465 g/mol. The number of amides is 1. The maximum absolute atomic E-state index is 13.2. The standard InChI is InChI=1S/C28H25Cl2N3O/c1-17(18-5-9-20(10-6-18)28(2,3)4)32-33-27(34)24-16-26(19-7-11-21(29)12-8-19)31-25-14-13-22(30)15-23(24)25/h5-16H,1-4H3,(H,33,34)/b32-17+. The minimum atomic E-state index is -0.337. The maximum Gasteiger partial charge on any atom is 0.272 e. The number of pyridine rings is 1. The van der Waals surface area contributed by atoms with Gasteiger partial charge in [0.15, 0.2) is 0 Å². The molecule has 0 unspecified atom stereocenters. The molecule has 0 fully saturated rings. The Bertz CT molecular complexity index is 1390. The summed E-state index contributed by atoms with van der Waals surface area (Å²) in [6.07, 6.45) is 0. The van der Waals surface area contributed by atoms with Crippen LogP contribution in [0.5, 0.6) is 0 Å². The van der Waals surface area contributed by atoms with Crippen molar-refractivity contribution >= 4 is 45.7 Å². The number of aromatic nitrogens is 1. The highest BCUT2D eigenvalue weighted by Crippen LogP contribution is 2.28. The normalized spacial score (nSPS) is 12.1. The SMILES string of the molecule is C/C(=N\NC(=O)c1cc(-c2ccc(Cl)cc2)nc2ccc(Cl)cc12)c1ccc(C(C)(C)C)cc1. The summed E-state index contributed by atoms with van der Waals surface area (Å²) in [5.74, 6) is -0.337. The zero-order chi connectivity index (χ0) is 24.5. The molecule has 6 heteroatoms. The van der Waals surface area contributed by atoms with Crippen LogP contribution >= 0.6 is 23.2 Å². The van der Waals surface area contributed by atoms with Crippen LogP contribution in [0.1, 0.15) is 49.2 Å². The lowest BCUT2D eigenvalue weighted by Gasteiger charge is -2.19. The van der Waals surface area contributed by atoms with Crippen LogP contribution in [-0.4, -0.2) is 16.6 Å². The number of nitrogens with zero attached hydrogens (tertiary/aromatic N) is 2. The summed E-state index contributed by atoms with van der Waals surface area (Å²) in [6.45, 7) is 8.39. The minimum Gasteiger partial charge on any atom is -0.267 e. The molecule has 0 atom stereocenters. The van der Waals surface area contributed by atoms with Gasteiger partial charge in [-0.15, -0.1) is 0 Å². The second kappa shape index (κ2) is 9.57. The molecule has 0 radical (unpaired) electrons. The van der Waals surface area contributed by atoms with Crippen molar-refractivity contribution in [1.82, 2.24) is 10.4 Å². The largest absolute Gasteiger partial charge is 0.272 e. The van der Waals surface area contributed by atoms with E-state index in [2.05, 4.69) is 43.4 Å². The molecule has 0 aliphatic carbocycles. The molecule has 172 valence electrons. The number of halogens is 2. The van der Waals surface area contributed by atoms with Gasteiger partial charge in [0.2, 0.25) is 0 Å². The van der Waals surface area contributed by atoms with Crippen molar-refractivity contribution < 1.29 is 4.79 Å². The quantitative estimate of drug-likeness (QED) is 0.236. The number of carbonyl (C=O) groups is 1. The van der Waals surface area contributed by atoms with Crippen molar-refractivity contribution in [2.24, 2.45) is 5.10 Å². The number of hydrogen-bond donors (Lipinski definition) is 1. The summed E-state index contributed by atoms with van der Waals surface area (Å²) in [5.41, 5.74) is 8.29. The first kappa shape index (κ1) is 23.9. The molecule has 4 rings (SSSR count). The topological polar surface area (TPSA) is 54.4 Å². The van der Waals surface area contributed by atoms with Gasteiger partial charge in [0, 0.05) is 21.0 Å². The van der Waals surface area contributed by atoms with Gasteiger partial charge in [0.25, 0.3) is 5.91 Å². The Labute approximate surface area is 209 Å². The first-order valence-corrected chi connectivity index (χ1v) is 11.7. The van der Waals surface area contributed by atoms with E-state index >= 15 is 0 Å². The highest BCUT2D eigenvalue weighted by molar-refractivity contribution is 6.31. The smallest absolute Gasteiger partial charge is 0.267 e. The second-order valence-electron chi connectivity index (χ2n) is 9.19. The molecule has 34 heavy (non-hydrogen) atoms. The Morgan fingerprint density at radius 2 is 1.53 bits per heavy atom. The van der Waals surface area contributed by atoms with Crippen LogP contribution in [0.3, 0.4) is 0 Å². The van der Waals surface area contributed by atoms with Gasteiger partial charge in [-0.1, -0.05) is 80.4 Å². The number of carbonyl (C=O) groups excluding carboxylic acids is 1. The number of fused-ring (bicyclic) bond motifs is 1. The summed E-state index contributed by atoms with van der Waals surface area (Å²) in [4.78, 5) is 17.9. The van der Waals surface area contributed by atoms with Gasteiger partial charge < -0.3 is 0 Å². The predicted molar refractivity (Wildman–Crippen MR) is 142 cm³/mol. The fraction of sp³-hybridized carbons (Fsp3) is 0.179. The van der Waals surface area contributed by atoms with Crippen LogP contribution in [0.4, 0.5) is 0 Å². The zero-order valence-corrected chi connectivity index (χ0v) is 21.0. The molecule has 1 amide bonds.